The zero-order valence-electron chi connectivity index (χ0n) is 8.08. The minimum absolute atomic E-state index is 0.0865. The summed E-state index contributed by atoms with van der Waals surface area (Å²) in [6, 6.07) is 0. The highest BCUT2D eigenvalue weighted by Gasteiger charge is 2.34. The van der Waals surface area contributed by atoms with Crippen LogP contribution < -0.4 is 0 Å². The Hall–Kier alpha value is 0.0969. The Balaban J connectivity index is 2.18. The normalized spacial score (nSPS) is 24.5. The molecule has 1 heterocycles. The largest absolute Gasteiger partial charge is 0.394 e. The van der Waals surface area contributed by atoms with Crippen molar-refractivity contribution in [3.63, 3.8) is 0 Å². The summed E-state index contributed by atoms with van der Waals surface area (Å²) in [7, 11) is -0.992. The maximum absolute atomic E-state index is 5.67. The Bertz CT molecular complexity index is 125. The molecule has 1 rings (SSSR count). The van der Waals surface area contributed by atoms with Crippen molar-refractivity contribution in [2.24, 2.45) is 0 Å². The highest BCUT2D eigenvalue weighted by atomic mass is 28.3. The molecule has 0 aliphatic carbocycles. The molecular formula is C8H18O3Si. The average molecular weight is 190 g/mol. The van der Waals surface area contributed by atoms with Gasteiger partial charge >= 0.3 is 0 Å². The van der Waals surface area contributed by atoms with Gasteiger partial charge < -0.3 is 13.9 Å². The van der Waals surface area contributed by atoms with Gasteiger partial charge in [0.1, 0.15) is 6.10 Å². The Kier molecular flexibility index (Phi) is 4.21. The van der Waals surface area contributed by atoms with Gasteiger partial charge in [-0.05, 0) is 19.5 Å². The zero-order chi connectivity index (χ0) is 8.97. The second-order valence-corrected chi connectivity index (χ2v) is 5.67. The lowest BCUT2D eigenvalue weighted by Gasteiger charge is -2.18. The number of hydrogen-bond acceptors (Lipinski definition) is 3. The Morgan fingerprint density at radius 1 is 1.58 bits per heavy atom. The number of rotatable bonds is 6. The zero-order valence-corrected chi connectivity index (χ0v) is 9.23. The van der Waals surface area contributed by atoms with Gasteiger partial charge in [-0.15, -0.1) is 0 Å². The van der Waals surface area contributed by atoms with Gasteiger partial charge in [-0.1, -0.05) is 6.92 Å². The van der Waals surface area contributed by atoms with Crippen molar-refractivity contribution in [2.45, 2.75) is 38.8 Å². The fourth-order valence-corrected chi connectivity index (χ4v) is 1.74. The third kappa shape index (κ3) is 3.67. The first-order chi connectivity index (χ1) is 5.74. The van der Waals surface area contributed by atoms with Crippen molar-refractivity contribution in [2.75, 3.05) is 13.2 Å². The third-order valence-corrected chi connectivity index (χ3v) is 2.37. The topological polar surface area (TPSA) is 31.0 Å². The highest BCUT2D eigenvalue weighted by molar-refractivity contribution is 6.48. The minimum Gasteiger partial charge on any atom is -0.394 e. The molecule has 0 aromatic heterocycles. The summed E-state index contributed by atoms with van der Waals surface area (Å²) in [6.07, 6.45) is 1.16. The van der Waals surface area contributed by atoms with Crippen LogP contribution in [0.1, 0.15) is 13.3 Å². The Morgan fingerprint density at radius 3 is 2.67 bits per heavy atom. The molecule has 1 aliphatic heterocycles. The molecule has 2 unspecified atom stereocenters. The Morgan fingerprint density at radius 2 is 2.25 bits per heavy atom. The van der Waals surface area contributed by atoms with Gasteiger partial charge in [0.15, 0.2) is 15.3 Å². The van der Waals surface area contributed by atoms with Crippen molar-refractivity contribution in [1.82, 2.24) is 0 Å². The fraction of sp³-hybridized carbons (Fsp3) is 1.00. The SMILES string of the molecule is CCCOC(O[SiH](C)C)C1CO1. The van der Waals surface area contributed by atoms with E-state index in [4.69, 9.17) is 13.9 Å². The van der Waals surface area contributed by atoms with Gasteiger partial charge in [0.05, 0.1) is 6.61 Å². The van der Waals surface area contributed by atoms with Crippen molar-refractivity contribution >= 4 is 9.04 Å². The standard InChI is InChI=1S/C8H18O3Si/c1-4-5-9-8(7-6-10-7)11-12(2)3/h7-8,12H,4-6H2,1-3H3. The summed E-state index contributed by atoms with van der Waals surface area (Å²) in [6.45, 7) is 7.95. The summed E-state index contributed by atoms with van der Waals surface area (Å²) in [5.74, 6) is 0. The second kappa shape index (κ2) is 4.96. The number of hydrogen-bond donors (Lipinski definition) is 0. The molecule has 0 aromatic carbocycles. The van der Waals surface area contributed by atoms with Crippen LogP contribution in [0.2, 0.25) is 13.1 Å². The minimum atomic E-state index is -0.992. The quantitative estimate of drug-likeness (QED) is 0.357. The van der Waals surface area contributed by atoms with E-state index in [0.29, 0.717) is 0 Å². The summed E-state index contributed by atoms with van der Waals surface area (Å²) in [5.41, 5.74) is 0. The van der Waals surface area contributed by atoms with Crippen LogP contribution in [-0.4, -0.2) is 34.6 Å². The lowest BCUT2D eigenvalue weighted by Crippen LogP contribution is -2.29. The Labute approximate surface area is 75.7 Å². The first-order valence-electron chi connectivity index (χ1n) is 4.62. The molecule has 0 amide bonds. The molecule has 0 saturated carbocycles. The molecule has 72 valence electrons. The molecule has 3 nitrogen and oxygen atoms in total. The summed E-state index contributed by atoms with van der Waals surface area (Å²) in [4.78, 5) is 0. The third-order valence-electron chi connectivity index (χ3n) is 1.56. The van der Waals surface area contributed by atoms with E-state index in [1.807, 2.05) is 0 Å². The predicted octanol–water partition coefficient (Wildman–Crippen LogP) is 1.14. The molecule has 1 saturated heterocycles. The molecule has 1 aliphatic rings. The van der Waals surface area contributed by atoms with Crippen molar-refractivity contribution in [3.8, 4) is 0 Å². The molecule has 12 heavy (non-hydrogen) atoms. The lowest BCUT2D eigenvalue weighted by atomic mass is 10.4. The predicted molar refractivity (Wildman–Crippen MR) is 49.7 cm³/mol. The van der Waals surface area contributed by atoms with Gasteiger partial charge in [-0.25, -0.2) is 0 Å². The first kappa shape index (κ1) is 10.2. The van der Waals surface area contributed by atoms with Crippen molar-refractivity contribution in [3.05, 3.63) is 0 Å². The maximum atomic E-state index is 5.67. The van der Waals surface area contributed by atoms with E-state index in [2.05, 4.69) is 20.0 Å². The molecule has 0 bridgehead atoms. The van der Waals surface area contributed by atoms with Crippen LogP contribution in [0.3, 0.4) is 0 Å². The maximum Gasteiger partial charge on any atom is 0.176 e. The molecular weight excluding hydrogens is 172 g/mol. The van der Waals surface area contributed by atoms with E-state index in [9.17, 15) is 0 Å². The lowest BCUT2D eigenvalue weighted by molar-refractivity contribution is -0.0959. The first-order valence-corrected chi connectivity index (χ1v) is 7.40. The van der Waals surface area contributed by atoms with Crippen LogP contribution >= 0.6 is 0 Å². The number of epoxide rings is 1. The van der Waals surface area contributed by atoms with Crippen LogP contribution in [-0.2, 0) is 13.9 Å². The van der Waals surface area contributed by atoms with Crippen molar-refractivity contribution < 1.29 is 13.9 Å². The smallest absolute Gasteiger partial charge is 0.176 e. The van der Waals surface area contributed by atoms with E-state index in [-0.39, 0.29) is 12.4 Å². The van der Waals surface area contributed by atoms with Gasteiger partial charge in [0.25, 0.3) is 0 Å². The molecule has 2 atom stereocenters. The molecule has 4 heteroatoms. The van der Waals surface area contributed by atoms with Crippen LogP contribution in [0, 0.1) is 0 Å². The van der Waals surface area contributed by atoms with Gasteiger partial charge in [-0.2, -0.15) is 0 Å². The molecule has 0 aromatic rings. The van der Waals surface area contributed by atoms with E-state index in [0.717, 1.165) is 19.6 Å². The van der Waals surface area contributed by atoms with Crippen LogP contribution in [0.15, 0.2) is 0 Å². The number of ether oxygens (including phenoxy) is 2. The van der Waals surface area contributed by atoms with E-state index in [1.54, 1.807) is 0 Å². The van der Waals surface area contributed by atoms with Crippen LogP contribution in [0.4, 0.5) is 0 Å². The monoisotopic (exact) mass is 190 g/mol. The van der Waals surface area contributed by atoms with E-state index < -0.39 is 9.04 Å². The summed E-state index contributed by atoms with van der Waals surface area (Å²) >= 11 is 0. The van der Waals surface area contributed by atoms with Gasteiger partial charge in [0.2, 0.25) is 0 Å². The van der Waals surface area contributed by atoms with Gasteiger partial charge in [-0.3, -0.25) is 0 Å². The van der Waals surface area contributed by atoms with Crippen LogP contribution in [0.25, 0.3) is 0 Å². The highest BCUT2D eigenvalue weighted by Crippen LogP contribution is 2.18. The summed E-state index contributed by atoms with van der Waals surface area (Å²) in [5, 5.41) is 0. The molecule has 0 spiro atoms. The average Bonchev–Trinajstić information content (AvgIpc) is 2.79. The van der Waals surface area contributed by atoms with Crippen molar-refractivity contribution in [1.29, 1.82) is 0 Å². The second-order valence-electron chi connectivity index (χ2n) is 3.30. The van der Waals surface area contributed by atoms with Gasteiger partial charge in [0, 0.05) is 6.61 Å². The molecule has 1 fully saturated rings. The molecule has 0 N–H and O–H groups in total. The fourth-order valence-electron chi connectivity index (χ4n) is 0.949. The van der Waals surface area contributed by atoms with E-state index in [1.165, 1.54) is 0 Å². The van der Waals surface area contributed by atoms with E-state index >= 15 is 0 Å². The summed E-state index contributed by atoms with van der Waals surface area (Å²) < 4.78 is 16.3. The molecule has 0 radical (unpaired) electrons. The van der Waals surface area contributed by atoms with Crippen LogP contribution in [0.5, 0.6) is 0 Å².